The average molecular weight is 271 g/mol. The summed E-state index contributed by atoms with van der Waals surface area (Å²) in [6, 6.07) is 0.0484. The molecule has 1 heterocycles. The second-order valence-corrected chi connectivity index (χ2v) is 3.26. The SMILES string of the molecule is O=C(O)Cc1nc(C(F)F)c(C(F)(F)F)cc1O. The van der Waals surface area contributed by atoms with E-state index in [0.717, 1.165) is 0 Å². The van der Waals surface area contributed by atoms with Crippen molar-refractivity contribution in [2.24, 2.45) is 0 Å². The summed E-state index contributed by atoms with van der Waals surface area (Å²) in [5.74, 6) is -2.60. The number of hydrogen-bond acceptors (Lipinski definition) is 3. The van der Waals surface area contributed by atoms with Crippen LogP contribution in [0.15, 0.2) is 6.07 Å². The van der Waals surface area contributed by atoms with E-state index < -0.39 is 47.7 Å². The van der Waals surface area contributed by atoms with E-state index in [1.165, 1.54) is 0 Å². The summed E-state index contributed by atoms with van der Waals surface area (Å²) in [4.78, 5) is 13.2. The molecule has 0 saturated carbocycles. The number of carboxylic acid groups (broad SMARTS) is 1. The molecule has 0 amide bonds. The lowest BCUT2D eigenvalue weighted by molar-refractivity contribution is -0.140. The average Bonchev–Trinajstić information content (AvgIpc) is 2.17. The van der Waals surface area contributed by atoms with Crippen LogP contribution in [0.5, 0.6) is 5.75 Å². The quantitative estimate of drug-likeness (QED) is 0.828. The van der Waals surface area contributed by atoms with Crippen molar-refractivity contribution >= 4 is 5.97 Å². The van der Waals surface area contributed by atoms with Gasteiger partial charge in [-0.2, -0.15) is 13.2 Å². The Morgan fingerprint density at radius 3 is 2.33 bits per heavy atom. The van der Waals surface area contributed by atoms with Crippen molar-refractivity contribution in [3.63, 3.8) is 0 Å². The van der Waals surface area contributed by atoms with Gasteiger partial charge in [0.2, 0.25) is 0 Å². The third kappa shape index (κ3) is 3.05. The van der Waals surface area contributed by atoms with Gasteiger partial charge in [0, 0.05) is 0 Å². The standard InChI is InChI=1S/C9H6F5NO3/c10-8(11)7-3(9(12,13)14)1-5(16)4(15-7)2-6(17)18/h1,8,16H,2H2,(H,17,18). The summed E-state index contributed by atoms with van der Waals surface area (Å²) in [6.45, 7) is 0. The van der Waals surface area contributed by atoms with Crippen molar-refractivity contribution in [2.45, 2.75) is 19.0 Å². The number of carboxylic acids is 1. The highest BCUT2D eigenvalue weighted by atomic mass is 19.4. The number of aromatic nitrogens is 1. The molecule has 0 saturated heterocycles. The van der Waals surface area contributed by atoms with Gasteiger partial charge in [-0.3, -0.25) is 4.79 Å². The zero-order valence-electron chi connectivity index (χ0n) is 8.50. The van der Waals surface area contributed by atoms with Gasteiger partial charge in [-0.1, -0.05) is 0 Å². The first-order valence-corrected chi connectivity index (χ1v) is 4.43. The van der Waals surface area contributed by atoms with Crippen LogP contribution in [0.25, 0.3) is 0 Å². The normalized spacial score (nSPS) is 11.9. The van der Waals surface area contributed by atoms with Crippen LogP contribution in [0.4, 0.5) is 22.0 Å². The summed E-state index contributed by atoms with van der Waals surface area (Å²) in [5, 5.41) is 17.5. The van der Waals surface area contributed by atoms with E-state index in [1.807, 2.05) is 0 Å². The van der Waals surface area contributed by atoms with Crippen LogP contribution in [-0.4, -0.2) is 21.2 Å². The van der Waals surface area contributed by atoms with Crippen molar-refractivity contribution in [2.75, 3.05) is 0 Å². The van der Waals surface area contributed by atoms with E-state index in [1.54, 1.807) is 0 Å². The third-order valence-electron chi connectivity index (χ3n) is 1.94. The Morgan fingerprint density at radius 2 is 1.94 bits per heavy atom. The second-order valence-electron chi connectivity index (χ2n) is 3.26. The minimum Gasteiger partial charge on any atom is -0.506 e. The Labute approximate surface area is 96.7 Å². The maximum Gasteiger partial charge on any atom is 0.418 e. The summed E-state index contributed by atoms with van der Waals surface area (Å²) in [6.07, 6.45) is -9.60. The minimum atomic E-state index is -5.11. The lowest BCUT2D eigenvalue weighted by Crippen LogP contribution is -2.14. The van der Waals surface area contributed by atoms with Crippen molar-refractivity contribution in [3.8, 4) is 5.75 Å². The fourth-order valence-corrected chi connectivity index (χ4v) is 1.22. The van der Waals surface area contributed by atoms with Gasteiger partial charge in [0.05, 0.1) is 17.7 Å². The number of pyridine rings is 1. The van der Waals surface area contributed by atoms with E-state index in [0.29, 0.717) is 0 Å². The lowest BCUT2D eigenvalue weighted by Gasteiger charge is -2.13. The highest BCUT2D eigenvalue weighted by Crippen LogP contribution is 2.37. The number of aromatic hydroxyl groups is 1. The fraction of sp³-hybridized carbons (Fsp3) is 0.333. The molecule has 0 radical (unpaired) electrons. The number of nitrogens with zero attached hydrogens (tertiary/aromatic N) is 1. The second kappa shape index (κ2) is 4.75. The van der Waals surface area contributed by atoms with Crippen LogP contribution in [0.2, 0.25) is 0 Å². The Morgan fingerprint density at radius 1 is 1.39 bits per heavy atom. The number of carbonyl (C=O) groups is 1. The van der Waals surface area contributed by atoms with Crippen molar-refractivity contribution in [1.29, 1.82) is 0 Å². The van der Waals surface area contributed by atoms with Gasteiger partial charge in [-0.15, -0.1) is 0 Å². The predicted molar refractivity (Wildman–Crippen MR) is 47.2 cm³/mol. The maximum atomic E-state index is 12.4. The van der Waals surface area contributed by atoms with Crippen LogP contribution in [0.1, 0.15) is 23.4 Å². The molecule has 0 spiro atoms. The number of rotatable bonds is 3. The van der Waals surface area contributed by atoms with Crippen LogP contribution in [0.3, 0.4) is 0 Å². The fourth-order valence-electron chi connectivity index (χ4n) is 1.22. The Balaban J connectivity index is 3.39. The van der Waals surface area contributed by atoms with Crippen LogP contribution in [-0.2, 0) is 17.4 Å². The largest absolute Gasteiger partial charge is 0.506 e. The zero-order chi connectivity index (χ0) is 14.1. The van der Waals surface area contributed by atoms with Gasteiger partial charge in [0.1, 0.15) is 11.4 Å². The van der Waals surface area contributed by atoms with E-state index in [9.17, 15) is 26.7 Å². The zero-order valence-corrected chi connectivity index (χ0v) is 8.50. The number of hydrogen-bond donors (Lipinski definition) is 2. The first kappa shape index (κ1) is 14.1. The highest BCUT2D eigenvalue weighted by Gasteiger charge is 2.38. The molecule has 18 heavy (non-hydrogen) atoms. The van der Waals surface area contributed by atoms with Crippen molar-refractivity contribution in [3.05, 3.63) is 23.0 Å². The van der Waals surface area contributed by atoms with Gasteiger partial charge >= 0.3 is 12.1 Å². The number of halogens is 5. The molecule has 0 aliphatic heterocycles. The molecular formula is C9H6F5NO3. The molecule has 0 fully saturated rings. The maximum absolute atomic E-state index is 12.4. The Hall–Kier alpha value is -1.93. The van der Waals surface area contributed by atoms with Crippen LogP contribution in [0, 0.1) is 0 Å². The van der Waals surface area contributed by atoms with Crippen LogP contribution < -0.4 is 0 Å². The van der Waals surface area contributed by atoms with Crippen LogP contribution >= 0.6 is 0 Å². The molecule has 0 unspecified atom stereocenters. The molecule has 100 valence electrons. The molecule has 1 aromatic heterocycles. The molecule has 0 aliphatic rings. The molecule has 0 atom stereocenters. The minimum absolute atomic E-state index is 0.0484. The molecule has 2 N–H and O–H groups in total. The first-order chi connectivity index (χ1) is 8.12. The van der Waals surface area contributed by atoms with Gasteiger partial charge in [-0.25, -0.2) is 13.8 Å². The molecule has 0 bridgehead atoms. The number of alkyl halides is 5. The lowest BCUT2D eigenvalue weighted by atomic mass is 10.1. The highest BCUT2D eigenvalue weighted by molar-refractivity contribution is 5.70. The summed E-state index contributed by atoms with van der Waals surface area (Å²) < 4.78 is 62.0. The molecule has 1 aromatic rings. The van der Waals surface area contributed by atoms with E-state index in [2.05, 4.69) is 4.98 Å². The summed E-state index contributed by atoms with van der Waals surface area (Å²) in [7, 11) is 0. The predicted octanol–water partition coefficient (Wildman–Crippen LogP) is 2.37. The third-order valence-corrected chi connectivity index (χ3v) is 1.94. The molecule has 0 aliphatic carbocycles. The summed E-state index contributed by atoms with van der Waals surface area (Å²) in [5.41, 5.74) is -4.13. The molecule has 4 nitrogen and oxygen atoms in total. The molecule has 0 aromatic carbocycles. The van der Waals surface area contributed by atoms with E-state index >= 15 is 0 Å². The first-order valence-electron chi connectivity index (χ1n) is 4.43. The van der Waals surface area contributed by atoms with E-state index in [4.69, 9.17) is 10.2 Å². The van der Waals surface area contributed by atoms with Crippen molar-refractivity contribution < 1.29 is 37.0 Å². The monoisotopic (exact) mass is 271 g/mol. The van der Waals surface area contributed by atoms with Gasteiger partial charge in [0.25, 0.3) is 6.43 Å². The Kier molecular flexibility index (Phi) is 3.73. The van der Waals surface area contributed by atoms with Gasteiger partial charge in [-0.05, 0) is 6.07 Å². The van der Waals surface area contributed by atoms with Gasteiger partial charge < -0.3 is 10.2 Å². The Bertz CT molecular complexity index is 472. The molecule has 1 rings (SSSR count). The number of aliphatic carboxylic acids is 1. The van der Waals surface area contributed by atoms with Crippen molar-refractivity contribution in [1.82, 2.24) is 4.98 Å². The molecular weight excluding hydrogens is 265 g/mol. The van der Waals surface area contributed by atoms with Gasteiger partial charge in [0.15, 0.2) is 0 Å². The van der Waals surface area contributed by atoms with E-state index in [-0.39, 0.29) is 6.07 Å². The topological polar surface area (TPSA) is 70.4 Å². The summed E-state index contributed by atoms with van der Waals surface area (Å²) >= 11 is 0. The molecule has 9 heteroatoms. The smallest absolute Gasteiger partial charge is 0.418 e.